The zero-order chi connectivity index (χ0) is 26.5. The zero-order valence-corrected chi connectivity index (χ0v) is 24.2. The molecule has 196 valence electrons. The molecule has 0 bridgehead atoms. The molecule has 0 saturated heterocycles. The topological polar surface area (TPSA) is 92.0 Å². The maximum absolute atomic E-state index is 13.5. The summed E-state index contributed by atoms with van der Waals surface area (Å²) in [6.07, 6.45) is 6.74. The van der Waals surface area contributed by atoms with E-state index >= 15 is 0 Å². The Labute approximate surface area is 232 Å². The third-order valence-corrected chi connectivity index (χ3v) is 8.28. The number of hydrogen-bond acceptors (Lipinski definition) is 7. The van der Waals surface area contributed by atoms with E-state index < -0.39 is 5.97 Å². The van der Waals surface area contributed by atoms with Gasteiger partial charge in [0, 0.05) is 16.0 Å². The molecule has 3 aromatic rings. The predicted octanol–water partition coefficient (Wildman–Crippen LogP) is 6.19. The van der Waals surface area contributed by atoms with Crippen LogP contribution in [0.4, 0.5) is 0 Å². The van der Waals surface area contributed by atoms with Crippen molar-refractivity contribution in [2.45, 2.75) is 58.0 Å². The Hall–Kier alpha value is -2.72. The first-order valence-corrected chi connectivity index (χ1v) is 13.8. The molecule has 1 aromatic heterocycles. The van der Waals surface area contributed by atoms with E-state index in [1.165, 1.54) is 18.2 Å². The lowest BCUT2D eigenvalue weighted by Gasteiger charge is -2.22. The van der Waals surface area contributed by atoms with Gasteiger partial charge in [0.1, 0.15) is 5.82 Å². The second kappa shape index (κ2) is 12.2. The van der Waals surface area contributed by atoms with Gasteiger partial charge in [-0.3, -0.25) is 4.79 Å². The van der Waals surface area contributed by atoms with Crippen LogP contribution in [0.1, 0.15) is 63.3 Å². The van der Waals surface area contributed by atoms with E-state index in [9.17, 15) is 9.59 Å². The molecule has 10 heteroatoms. The molecule has 1 saturated carbocycles. The van der Waals surface area contributed by atoms with Crippen molar-refractivity contribution in [3.63, 3.8) is 0 Å². The molecule has 1 heterocycles. The fraction of sp³-hybridized carbons (Fsp3) is 0.407. The lowest BCUT2D eigenvalue weighted by Crippen LogP contribution is -2.25. The number of aromatic nitrogens is 2. The average molecular weight is 635 g/mol. The summed E-state index contributed by atoms with van der Waals surface area (Å²) in [5, 5.41) is 5.13. The summed E-state index contributed by atoms with van der Waals surface area (Å²) in [5.74, 6) is 1.12. The number of benzene rings is 2. The number of rotatable bonds is 8. The second-order valence-corrected chi connectivity index (χ2v) is 10.7. The summed E-state index contributed by atoms with van der Waals surface area (Å²) in [4.78, 5) is 30.3. The normalized spacial score (nSPS) is 14.4. The van der Waals surface area contributed by atoms with Gasteiger partial charge in [0.25, 0.3) is 5.56 Å². The van der Waals surface area contributed by atoms with Crippen molar-refractivity contribution in [2.24, 2.45) is 5.10 Å². The van der Waals surface area contributed by atoms with Crippen molar-refractivity contribution in [1.82, 2.24) is 9.66 Å². The molecule has 8 nitrogen and oxygen atoms in total. The van der Waals surface area contributed by atoms with Gasteiger partial charge in [-0.2, -0.15) is 9.78 Å². The maximum Gasteiger partial charge on any atom is 0.344 e. The summed E-state index contributed by atoms with van der Waals surface area (Å²) in [7, 11) is 1.51. The van der Waals surface area contributed by atoms with Crippen LogP contribution in [0.15, 0.2) is 49.2 Å². The number of halogens is 2. The largest absolute Gasteiger partial charge is 0.493 e. The van der Waals surface area contributed by atoms with Gasteiger partial charge in [0.05, 0.1) is 34.8 Å². The van der Waals surface area contributed by atoms with Gasteiger partial charge in [-0.05, 0) is 76.7 Å². The molecule has 1 aliphatic rings. The molecule has 37 heavy (non-hydrogen) atoms. The SMILES string of the molecule is COc1cc(C=Nn2c(C3CCCCC3)nc3ccccc3c2=O)c(Br)c(Br)c1OCC(=O)OC(C)C. The van der Waals surface area contributed by atoms with Crippen LogP contribution in [0.2, 0.25) is 0 Å². The average Bonchev–Trinajstić information content (AvgIpc) is 2.89. The molecule has 0 unspecified atom stereocenters. The van der Waals surface area contributed by atoms with Gasteiger partial charge in [-0.15, -0.1) is 0 Å². The number of ether oxygens (including phenoxy) is 3. The van der Waals surface area contributed by atoms with E-state index in [1.54, 1.807) is 32.2 Å². The number of methoxy groups -OCH3 is 1. The second-order valence-electron chi connectivity index (χ2n) is 9.14. The van der Waals surface area contributed by atoms with Crippen molar-refractivity contribution >= 4 is 54.9 Å². The summed E-state index contributed by atoms with van der Waals surface area (Å²) >= 11 is 7.10. The molecular formula is C27H29Br2N3O5. The number of esters is 1. The third kappa shape index (κ3) is 6.23. The van der Waals surface area contributed by atoms with Crippen LogP contribution < -0.4 is 15.0 Å². The minimum Gasteiger partial charge on any atom is -0.493 e. The van der Waals surface area contributed by atoms with Crippen molar-refractivity contribution < 1.29 is 19.0 Å². The molecule has 0 atom stereocenters. The molecule has 4 rings (SSSR count). The number of para-hydroxylation sites is 1. The standard InChI is InChI=1S/C27H29Br2N3O5/c1-16(2)37-22(33)15-36-25-21(35-3)13-18(23(28)24(25)29)14-30-32-26(17-9-5-4-6-10-17)31-20-12-8-7-11-19(20)27(32)34/h7-8,11-14,16-17H,4-6,9-10,15H2,1-3H3. The van der Waals surface area contributed by atoms with E-state index in [4.69, 9.17) is 19.2 Å². The van der Waals surface area contributed by atoms with E-state index in [-0.39, 0.29) is 24.2 Å². The molecule has 0 amide bonds. The molecule has 2 aromatic carbocycles. The van der Waals surface area contributed by atoms with Crippen LogP contribution in [0, 0.1) is 0 Å². The number of nitrogens with zero attached hydrogens (tertiary/aromatic N) is 3. The number of fused-ring (bicyclic) bond motifs is 1. The number of carbonyl (C=O) groups excluding carboxylic acids is 1. The van der Waals surface area contributed by atoms with Crippen LogP contribution >= 0.6 is 31.9 Å². The smallest absolute Gasteiger partial charge is 0.344 e. The number of hydrogen-bond donors (Lipinski definition) is 0. The monoisotopic (exact) mass is 633 g/mol. The summed E-state index contributed by atoms with van der Waals surface area (Å²) in [6, 6.07) is 9.08. The van der Waals surface area contributed by atoms with Gasteiger partial charge < -0.3 is 14.2 Å². The van der Waals surface area contributed by atoms with Crippen molar-refractivity contribution in [3.8, 4) is 11.5 Å². The van der Waals surface area contributed by atoms with E-state index in [0.717, 1.165) is 25.7 Å². The maximum atomic E-state index is 13.5. The molecule has 0 radical (unpaired) electrons. The van der Waals surface area contributed by atoms with Crippen LogP contribution in [-0.2, 0) is 9.53 Å². The molecular weight excluding hydrogens is 606 g/mol. The highest BCUT2D eigenvalue weighted by atomic mass is 79.9. The highest BCUT2D eigenvalue weighted by Gasteiger charge is 2.23. The van der Waals surface area contributed by atoms with Crippen molar-refractivity contribution in [2.75, 3.05) is 13.7 Å². The Balaban J connectivity index is 1.72. The Morgan fingerprint density at radius 3 is 2.62 bits per heavy atom. The van der Waals surface area contributed by atoms with Gasteiger partial charge in [0.15, 0.2) is 18.1 Å². The highest BCUT2D eigenvalue weighted by Crippen LogP contribution is 2.42. The Morgan fingerprint density at radius 1 is 1.19 bits per heavy atom. The van der Waals surface area contributed by atoms with Gasteiger partial charge >= 0.3 is 5.97 Å². The Bertz CT molecular complexity index is 1380. The molecule has 1 aliphatic carbocycles. The Kier molecular flexibility index (Phi) is 9.02. The van der Waals surface area contributed by atoms with Crippen LogP contribution in [0.5, 0.6) is 11.5 Å². The minimum atomic E-state index is -0.482. The summed E-state index contributed by atoms with van der Waals surface area (Å²) in [5.41, 5.74) is 1.13. The minimum absolute atomic E-state index is 0.175. The third-order valence-electron chi connectivity index (χ3n) is 6.14. The molecule has 0 N–H and O–H groups in total. The lowest BCUT2D eigenvalue weighted by molar-refractivity contribution is -0.149. The number of carbonyl (C=O) groups is 1. The van der Waals surface area contributed by atoms with E-state index in [1.807, 2.05) is 18.2 Å². The first-order valence-electron chi connectivity index (χ1n) is 12.2. The van der Waals surface area contributed by atoms with Gasteiger partial charge in [0.2, 0.25) is 0 Å². The van der Waals surface area contributed by atoms with Gasteiger partial charge in [-0.1, -0.05) is 31.4 Å². The van der Waals surface area contributed by atoms with Crippen LogP contribution in [-0.4, -0.2) is 41.7 Å². The van der Waals surface area contributed by atoms with Gasteiger partial charge in [-0.25, -0.2) is 9.78 Å². The molecule has 0 spiro atoms. The van der Waals surface area contributed by atoms with Crippen molar-refractivity contribution in [3.05, 3.63) is 61.0 Å². The fourth-order valence-electron chi connectivity index (χ4n) is 4.41. The zero-order valence-electron chi connectivity index (χ0n) is 21.0. The van der Waals surface area contributed by atoms with E-state index in [0.29, 0.717) is 42.7 Å². The first kappa shape index (κ1) is 27.3. The summed E-state index contributed by atoms with van der Waals surface area (Å²) in [6.45, 7) is 3.28. The first-order chi connectivity index (χ1) is 17.8. The quantitative estimate of drug-likeness (QED) is 0.217. The molecule has 1 fully saturated rings. The lowest BCUT2D eigenvalue weighted by atomic mass is 9.88. The summed E-state index contributed by atoms with van der Waals surface area (Å²) < 4.78 is 19.0. The van der Waals surface area contributed by atoms with E-state index in [2.05, 4.69) is 37.0 Å². The van der Waals surface area contributed by atoms with Crippen LogP contribution in [0.25, 0.3) is 10.9 Å². The predicted molar refractivity (Wildman–Crippen MR) is 150 cm³/mol. The van der Waals surface area contributed by atoms with Crippen LogP contribution in [0.3, 0.4) is 0 Å². The highest BCUT2D eigenvalue weighted by molar-refractivity contribution is 9.13. The molecule has 0 aliphatic heterocycles. The Morgan fingerprint density at radius 2 is 1.92 bits per heavy atom. The van der Waals surface area contributed by atoms with Crippen molar-refractivity contribution in [1.29, 1.82) is 0 Å². The fourth-order valence-corrected chi connectivity index (χ4v) is 5.35.